The van der Waals surface area contributed by atoms with Gasteiger partial charge in [-0.2, -0.15) is 5.26 Å². The van der Waals surface area contributed by atoms with Crippen LogP contribution in [0.15, 0.2) is 4.79 Å². The largest absolute Gasteiger partial charge is 0.456 e. The molecular formula is C21H29N3O4. The Hall–Kier alpha value is -2.62. The molecule has 1 heterocycles. The molecule has 1 aromatic rings. The van der Waals surface area contributed by atoms with Gasteiger partial charge in [0.25, 0.3) is 11.5 Å². The van der Waals surface area contributed by atoms with Crippen LogP contribution in [0.2, 0.25) is 0 Å². The first-order valence-corrected chi connectivity index (χ1v) is 9.82. The third kappa shape index (κ3) is 5.22. The Bertz CT molecular complexity index is 837. The minimum absolute atomic E-state index is 0.0594. The Morgan fingerprint density at radius 3 is 2.68 bits per heavy atom. The van der Waals surface area contributed by atoms with Crippen LogP contribution in [0.5, 0.6) is 0 Å². The molecule has 0 saturated heterocycles. The zero-order chi connectivity index (χ0) is 20.8. The Labute approximate surface area is 165 Å². The number of aryl methyl sites for hydroxylation is 1. The number of nitrogens with one attached hydrogen (secondary N) is 2. The first kappa shape index (κ1) is 21.7. The van der Waals surface area contributed by atoms with Crippen LogP contribution in [0.1, 0.15) is 61.9 Å². The van der Waals surface area contributed by atoms with Crippen LogP contribution in [0.3, 0.4) is 0 Å². The molecule has 0 radical (unpaired) electrons. The molecule has 3 atom stereocenters. The quantitative estimate of drug-likeness (QED) is 0.727. The molecule has 0 bridgehead atoms. The van der Waals surface area contributed by atoms with Crippen LogP contribution in [-0.2, 0) is 20.7 Å². The third-order valence-electron chi connectivity index (χ3n) is 5.92. The highest BCUT2D eigenvalue weighted by Crippen LogP contribution is 2.29. The molecule has 1 aliphatic rings. The number of amides is 1. The van der Waals surface area contributed by atoms with Gasteiger partial charge in [0.05, 0.1) is 0 Å². The van der Waals surface area contributed by atoms with Gasteiger partial charge >= 0.3 is 5.97 Å². The number of esters is 1. The minimum atomic E-state index is -0.483. The third-order valence-corrected chi connectivity index (χ3v) is 5.92. The zero-order valence-corrected chi connectivity index (χ0v) is 17.1. The summed E-state index contributed by atoms with van der Waals surface area (Å²) in [5.41, 5.74) is 1.60. The highest BCUT2D eigenvalue weighted by molar-refractivity contribution is 5.80. The van der Waals surface area contributed by atoms with Crippen LogP contribution >= 0.6 is 0 Å². The molecule has 1 aliphatic carbocycles. The molecule has 1 aromatic heterocycles. The van der Waals surface area contributed by atoms with Crippen molar-refractivity contribution in [2.75, 3.05) is 6.61 Å². The lowest BCUT2D eigenvalue weighted by Gasteiger charge is -2.34. The monoisotopic (exact) mass is 387 g/mol. The van der Waals surface area contributed by atoms with Gasteiger partial charge in [0, 0.05) is 18.2 Å². The second kappa shape index (κ2) is 9.54. The van der Waals surface area contributed by atoms with Crippen molar-refractivity contribution in [1.29, 1.82) is 5.26 Å². The number of ether oxygens (including phenoxy) is 1. The molecule has 7 heteroatoms. The van der Waals surface area contributed by atoms with Crippen molar-refractivity contribution < 1.29 is 14.3 Å². The standard InChI is InChI=1S/C21H29N3O4/c1-12-6-5-7-18(13(12)2)24-19(25)11-28-20(26)9-8-16-14(3)17(10-22)21(27)23-15(16)4/h12-13,18H,5-9,11H2,1-4H3,(H,23,27)(H,24,25)/t12-,13-,18-/m0/s1. The summed E-state index contributed by atoms with van der Waals surface area (Å²) in [5, 5.41) is 12.1. The first-order chi connectivity index (χ1) is 13.2. The number of carbonyl (C=O) groups excluding carboxylic acids is 2. The lowest BCUT2D eigenvalue weighted by Crippen LogP contribution is -2.45. The molecule has 0 spiro atoms. The smallest absolute Gasteiger partial charge is 0.306 e. The summed E-state index contributed by atoms with van der Waals surface area (Å²) in [6.07, 6.45) is 3.64. The van der Waals surface area contributed by atoms with Crippen molar-refractivity contribution in [3.8, 4) is 6.07 Å². The summed E-state index contributed by atoms with van der Waals surface area (Å²) < 4.78 is 5.10. The molecule has 0 unspecified atom stereocenters. The Morgan fingerprint density at radius 1 is 1.29 bits per heavy atom. The summed E-state index contributed by atoms with van der Waals surface area (Å²) in [5.74, 6) is 0.226. The van der Waals surface area contributed by atoms with E-state index < -0.39 is 11.5 Å². The lowest BCUT2D eigenvalue weighted by atomic mass is 9.78. The van der Waals surface area contributed by atoms with Gasteiger partial charge in [-0.15, -0.1) is 0 Å². The van der Waals surface area contributed by atoms with E-state index in [2.05, 4.69) is 24.1 Å². The fourth-order valence-electron chi connectivity index (χ4n) is 3.90. The zero-order valence-electron chi connectivity index (χ0n) is 17.1. The lowest BCUT2D eigenvalue weighted by molar-refractivity contribution is -0.148. The molecule has 1 saturated carbocycles. The van der Waals surface area contributed by atoms with Gasteiger partial charge < -0.3 is 15.0 Å². The van der Waals surface area contributed by atoms with Gasteiger partial charge in [-0.1, -0.05) is 26.7 Å². The van der Waals surface area contributed by atoms with E-state index in [0.717, 1.165) is 18.4 Å². The number of aromatic amines is 1. The highest BCUT2D eigenvalue weighted by atomic mass is 16.5. The average Bonchev–Trinajstić information content (AvgIpc) is 2.63. The predicted octanol–water partition coefficient (Wildman–Crippen LogP) is 2.28. The molecule has 2 rings (SSSR count). The maximum absolute atomic E-state index is 12.1. The normalized spacial score (nSPS) is 21.6. The molecule has 1 amide bonds. The molecule has 7 nitrogen and oxygen atoms in total. The number of nitriles is 1. The van der Waals surface area contributed by atoms with Crippen molar-refractivity contribution >= 4 is 11.9 Å². The topological polar surface area (TPSA) is 112 Å². The van der Waals surface area contributed by atoms with Crippen LogP contribution in [0.4, 0.5) is 0 Å². The predicted molar refractivity (Wildman–Crippen MR) is 105 cm³/mol. The van der Waals surface area contributed by atoms with Crippen molar-refractivity contribution in [1.82, 2.24) is 10.3 Å². The Kier molecular flexibility index (Phi) is 7.38. The van der Waals surface area contributed by atoms with Crippen LogP contribution < -0.4 is 10.9 Å². The summed E-state index contributed by atoms with van der Waals surface area (Å²) in [7, 11) is 0. The van der Waals surface area contributed by atoms with Crippen molar-refractivity contribution in [2.24, 2.45) is 11.8 Å². The van der Waals surface area contributed by atoms with Crippen LogP contribution in [-0.4, -0.2) is 29.5 Å². The number of hydrogen-bond donors (Lipinski definition) is 2. The van der Waals surface area contributed by atoms with E-state index >= 15 is 0 Å². The molecular weight excluding hydrogens is 358 g/mol. The Balaban J connectivity index is 1.84. The van der Waals surface area contributed by atoms with Crippen LogP contribution in [0.25, 0.3) is 0 Å². The number of aromatic nitrogens is 1. The van der Waals surface area contributed by atoms with Crippen molar-refractivity contribution in [3.63, 3.8) is 0 Å². The average molecular weight is 387 g/mol. The molecule has 1 fully saturated rings. The summed E-state index contributed by atoms with van der Waals surface area (Å²) in [6, 6.07) is 2.02. The number of rotatable bonds is 6. The molecule has 2 N–H and O–H groups in total. The second-order valence-electron chi connectivity index (χ2n) is 7.77. The van der Waals surface area contributed by atoms with Gasteiger partial charge in [0.2, 0.25) is 0 Å². The van der Waals surface area contributed by atoms with Gasteiger partial charge in [-0.05, 0) is 49.7 Å². The SMILES string of the molecule is Cc1[nH]c(=O)c(C#N)c(C)c1CCC(=O)OCC(=O)N[C@H]1CCC[C@H](C)[C@@H]1C. The number of nitrogens with zero attached hydrogens (tertiary/aromatic N) is 1. The van der Waals surface area contributed by atoms with Gasteiger partial charge in [0.1, 0.15) is 11.6 Å². The van der Waals surface area contributed by atoms with E-state index in [4.69, 9.17) is 10.00 Å². The molecule has 152 valence electrons. The van der Waals surface area contributed by atoms with E-state index in [9.17, 15) is 14.4 Å². The van der Waals surface area contributed by atoms with E-state index in [1.807, 2.05) is 6.07 Å². The van der Waals surface area contributed by atoms with Crippen molar-refractivity contribution in [3.05, 3.63) is 32.7 Å². The highest BCUT2D eigenvalue weighted by Gasteiger charge is 2.28. The van der Waals surface area contributed by atoms with E-state index in [1.54, 1.807) is 13.8 Å². The summed E-state index contributed by atoms with van der Waals surface area (Å²) in [4.78, 5) is 38.5. The molecule has 0 aromatic carbocycles. The van der Waals surface area contributed by atoms with E-state index in [-0.39, 0.29) is 30.5 Å². The second-order valence-corrected chi connectivity index (χ2v) is 7.77. The van der Waals surface area contributed by atoms with Gasteiger partial charge in [0.15, 0.2) is 6.61 Å². The number of carbonyl (C=O) groups is 2. The van der Waals surface area contributed by atoms with E-state index in [1.165, 1.54) is 6.42 Å². The molecule has 28 heavy (non-hydrogen) atoms. The first-order valence-electron chi connectivity index (χ1n) is 9.82. The maximum atomic E-state index is 12.1. The minimum Gasteiger partial charge on any atom is -0.456 e. The maximum Gasteiger partial charge on any atom is 0.306 e. The number of hydrogen-bond acceptors (Lipinski definition) is 5. The van der Waals surface area contributed by atoms with Gasteiger partial charge in [-0.3, -0.25) is 14.4 Å². The summed E-state index contributed by atoms with van der Waals surface area (Å²) >= 11 is 0. The van der Waals surface area contributed by atoms with E-state index in [0.29, 0.717) is 29.5 Å². The fraction of sp³-hybridized carbons (Fsp3) is 0.619. The van der Waals surface area contributed by atoms with Crippen molar-refractivity contribution in [2.45, 2.75) is 65.8 Å². The number of H-pyrrole nitrogens is 1. The molecule has 0 aliphatic heterocycles. The number of pyridine rings is 1. The van der Waals surface area contributed by atoms with Crippen LogP contribution in [0, 0.1) is 37.0 Å². The fourth-order valence-corrected chi connectivity index (χ4v) is 3.90. The summed E-state index contributed by atoms with van der Waals surface area (Å²) in [6.45, 7) is 7.48. The Morgan fingerprint density at radius 2 is 2.00 bits per heavy atom. The van der Waals surface area contributed by atoms with Gasteiger partial charge in [-0.25, -0.2) is 0 Å².